The second-order valence-corrected chi connectivity index (χ2v) is 6.76. The Morgan fingerprint density at radius 3 is 2.81 bits per heavy atom. The summed E-state index contributed by atoms with van der Waals surface area (Å²) in [6.07, 6.45) is 3.25. The first-order valence-electron chi connectivity index (χ1n) is 7.42. The maximum atomic E-state index is 12.2. The molecule has 5 nitrogen and oxygen atoms in total. The second-order valence-electron chi connectivity index (χ2n) is 5.37. The van der Waals surface area contributed by atoms with Gasteiger partial charge in [0.15, 0.2) is 0 Å². The predicted molar refractivity (Wildman–Crippen MR) is 84.5 cm³/mol. The summed E-state index contributed by atoms with van der Waals surface area (Å²) in [5, 5.41) is 4.14. The molecule has 21 heavy (non-hydrogen) atoms. The second kappa shape index (κ2) is 8.44. The Morgan fingerprint density at radius 2 is 2.29 bits per heavy atom. The van der Waals surface area contributed by atoms with E-state index in [0.717, 1.165) is 18.7 Å². The number of hydrogen-bond donors (Lipinski definition) is 1. The van der Waals surface area contributed by atoms with Crippen LogP contribution in [-0.2, 0) is 9.53 Å². The van der Waals surface area contributed by atoms with Gasteiger partial charge in [-0.25, -0.2) is 4.98 Å². The first kappa shape index (κ1) is 18.0. The van der Waals surface area contributed by atoms with Crippen LogP contribution in [0, 0.1) is 6.92 Å². The number of aromatic nitrogens is 1. The van der Waals surface area contributed by atoms with Gasteiger partial charge in [0, 0.05) is 5.25 Å². The third-order valence-corrected chi connectivity index (χ3v) is 4.04. The van der Waals surface area contributed by atoms with Crippen molar-refractivity contribution in [2.75, 3.05) is 13.2 Å². The maximum Gasteiger partial charge on any atom is 0.326 e. The molecule has 0 amide bonds. The molecule has 0 spiro atoms. The standard InChI is InChI=1S/C15H26N2O3S/c1-6-8-16-15(5,13(18)19-7-2)9-12(4)21-14-17-11(3)10-20-14/h10,12,16H,6-9H2,1-5H3. The molecule has 1 aromatic rings. The fraction of sp³-hybridized carbons (Fsp3) is 0.733. The van der Waals surface area contributed by atoms with Crippen LogP contribution in [0.5, 0.6) is 0 Å². The molecule has 0 radical (unpaired) electrons. The van der Waals surface area contributed by atoms with E-state index in [0.29, 0.717) is 18.3 Å². The van der Waals surface area contributed by atoms with Crippen molar-refractivity contribution < 1.29 is 13.9 Å². The van der Waals surface area contributed by atoms with E-state index >= 15 is 0 Å². The first-order chi connectivity index (χ1) is 9.91. The van der Waals surface area contributed by atoms with Crippen molar-refractivity contribution in [3.63, 3.8) is 0 Å². The third-order valence-electron chi connectivity index (χ3n) is 3.09. The smallest absolute Gasteiger partial charge is 0.326 e. The van der Waals surface area contributed by atoms with Crippen LogP contribution in [0.3, 0.4) is 0 Å². The Balaban J connectivity index is 2.67. The van der Waals surface area contributed by atoms with E-state index in [2.05, 4.69) is 24.1 Å². The molecule has 0 aliphatic heterocycles. The fourth-order valence-electron chi connectivity index (χ4n) is 2.09. The van der Waals surface area contributed by atoms with Gasteiger partial charge >= 0.3 is 5.97 Å². The Morgan fingerprint density at radius 1 is 1.57 bits per heavy atom. The van der Waals surface area contributed by atoms with Crippen molar-refractivity contribution >= 4 is 17.7 Å². The lowest BCUT2D eigenvalue weighted by molar-refractivity contribution is -0.150. The van der Waals surface area contributed by atoms with Gasteiger partial charge in [-0.15, -0.1) is 0 Å². The number of nitrogens with zero attached hydrogens (tertiary/aromatic N) is 1. The molecular weight excluding hydrogens is 288 g/mol. The molecule has 6 heteroatoms. The van der Waals surface area contributed by atoms with E-state index in [1.807, 2.05) is 20.8 Å². The zero-order valence-electron chi connectivity index (χ0n) is 13.6. The molecule has 1 heterocycles. The van der Waals surface area contributed by atoms with Crippen LogP contribution in [-0.4, -0.2) is 34.9 Å². The lowest BCUT2D eigenvalue weighted by Crippen LogP contribution is -2.52. The highest BCUT2D eigenvalue weighted by atomic mass is 32.2. The highest BCUT2D eigenvalue weighted by molar-refractivity contribution is 7.99. The molecule has 2 atom stereocenters. The summed E-state index contributed by atoms with van der Waals surface area (Å²) in [5.74, 6) is -0.200. The molecule has 0 aromatic carbocycles. The van der Waals surface area contributed by atoms with Gasteiger partial charge in [0.25, 0.3) is 5.22 Å². The molecule has 0 fully saturated rings. The number of carbonyl (C=O) groups is 1. The SMILES string of the molecule is CCCNC(C)(CC(C)Sc1nc(C)co1)C(=O)OCC. The van der Waals surface area contributed by atoms with Gasteiger partial charge < -0.3 is 14.5 Å². The molecule has 0 saturated heterocycles. The zero-order chi connectivity index (χ0) is 15.9. The highest BCUT2D eigenvalue weighted by Crippen LogP contribution is 2.28. The van der Waals surface area contributed by atoms with Gasteiger partial charge in [0.2, 0.25) is 0 Å². The van der Waals surface area contributed by atoms with Gasteiger partial charge in [0.05, 0.1) is 12.3 Å². The van der Waals surface area contributed by atoms with Crippen LogP contribution in [0.4, 0.5) is 0 Å². The summed E-state index contributed by atoms with van der Waals surface area (Å²) in [6.45, 7) is 10.9. The van der Waals surface area contributed by atoms with Crippen molar-refractivity contribution in [3.05, 3.63) is 12.0 Å². The van der Waals surface area contributed by atoms with Gasteiger partial charge in [0.1, 0.15) is 11.8 Å². The van der Waals surface area contributed by atoms with Gasteiger partial charge in [-0.3, -0.25) is 4.79 Å². The van der Waals surface area contributed by atoms with E-state index < -0.39 is 5.54 Å². The van der Waals surface area contributed by atoms with Crippen LogP contribution in [0.2, 0.25) is 0 Å². The summed E-state index contributed by atoms with van der Waals surface area (Å²) in [7, 11) is 0. The number of esters is 1. The summed E-state index contributed by atoms with van der Waals surface area (Å²) in [4.78, 5) is 16.5. The lowest BCUT2D eigenvalue weighted by Gasteiger charge is -2.30. The number of nitrogens with one attached hydrogen (secondary N) is 1. The summed E-state index contributed by atoms with van der Waals surface area (Å²) in [6, 6.07) is 0. The summed E-state index contributed by atoms with van der Waals surface area (Å²) in [5.41, 5.74) is 0.182. The van der Waals surface area contributed by atoms with Crippen molar-refractivity contribution in [2.45, 2.75) is 63.5 Å². The number of hydrogen-bond acceptors (Lipinski definition) is 6. The van der Waals surface area contributed by atoms with Crippen LogP contribution in [0.1, 0.15) is 46.2 Å². The predicted octanol–water partition coefficient (Wildman–Crippen LogP) is 3.18. The molecule has 0 saturated carbocycles. The van der Waals surface area contributed by atoms with Crippen molar-refractivity contribution in [1.29, 1.82) is 0 Å². The molecule has 1 aromatic heterocycles. The van der Waals surface area contributed by atoms with Gasteiger partial charge in [-0.05, 0) is 40.2 Å². The van der Waals surface area contributed by atoms with Crippen LogP contribution in [0.25, 0.3) is 0 Å². The minimum atomic E-state index is -0.680. The average molecular weight is 314 g/mol. The Hall–Kier alpha value is -1.01. The number of carbonyl (C=O) groups excluding carboxylic acids is 1. The zero-order valence-corrected chi connectivity index (χ0v) is 14.4. The minimum absolute atomic E-state index is 0.182. The summed E-state index contributed by atoms with van der Waals surface area (Å²) >= 11 is 1.53. The van der Waals surface area contributed by atoms with E-state index in [9.17, 15) is 4.79 Å². The van der Waals surface area contributed by atoms with E-state index in [-0.39, 0.29) is 11.2 Å². The number of rotatable bonds is 9. The van der Waals surface area contributed by atoms with Crippen molar-refractivity contribution in [1.82, 2.24) is 10.3 Å². The Kier molecular flexibility index (Phi) is 7.25. The molecule has 0 bridgehead atoms. The minimum Gasteiger partial charge on any atom is -0.465 e. The number of ether oxygens (including phenoxy) is 1. The molecular formula is C15H26N2O3S. The Bertz CT molecular complexity index is 450. The average Bonchev–Trinajstić information content (AvgIpc) is 2.81. The fourth-order valence-corrected chi connectivity index (χ4v) is 3.16. The summed E-state index contributed by atoms with van der Waals surface area (Å²) < 4.78 is 10.6. The molecule has 120 valence electrons. The maximum absolute atomic E-state index is 12.2. The normalized spacial score (nSPS) is 15.5. The lowest BCUT2D eigenvalue weighted by atomic mass is 9.96. The highest BCUT2D eigenvalue weighted by Gasteiger charge is 2.36. The van der Waals surface area contributed by atoms with E-state index in [1.54, 1.807) is 6.26 Å². The molecule has 0 aliphatic rings. The molecule has 1 rings (SSSR count). The van der Waals surface area contributed by atoms with Gasteiger partial charge in [-0.2, -0.15) is 0 Å². The van der Waals surface area contributed by atoms with Crippen molar-refractivity contribution in [2.24, 2.45) is 0 Å². The van der Waals surface area contributed by atoms with Crippen molar-refractivity contribution in [3.8, 4) is 0 Å². The molecule has 2 unspecified atom stereocenters. The van der Waals surface area contributed by atoms with Crippen LogP contribution >= 0.6 is 11.8 Å². The quantitative estimate of drug-likeness (QED) is 0.558. The number of thioether (sulfide) groups is 1. The topological polar surface area (TPSA) is 64.4 Å². The first-order valence-corrected chi connectivity index (χ1v) is 8.30. The van der Waals surface area contributed by atoms with Crippen LogP contribution < -0.4 is 5.32 Å². The molecule has 1 N–H and O–H groups in total. The number of aryl methyl sites for hydroxylation is 1. The van der Waals surface area contributed by atoms with Gasteiger partial charge in [-0.1, -0.05) is 25.6 Å². The largest absolute Gasteiger partial charge is 0.465 e. The van der Waals surface area contributed by atoms with Crippen LogP contribution in [0.15, 0.2) is 15.9 Å². The Labute approximate surface area is 131 Å². The number of oxazole rings is 1. The van der Waals surface area contributed by atoms with E-state index in [1.165, 1.54) is 11.8 Å². The van der Waals surface area contributed by atoms with E-state index in [4.69, 9.17) is 9.15 Å². The third kappa shape index (κ3) is 5.71. The molecule has 0 aliphatic carbocycles. The monoisotopic (exact) mass is 314 g/mol.